The lowest BCUT2D eigenvalue weighted by Gasteiger charge is -2.37. The Morgan fingerprint density at radius 3 is 2.59 bits per heavy atom. The summed E-state index contributed by atoms with van der Waals surface area (Å²) >= 11 is 0. The number of anilines is 1. The molecule has 3 rings (SSSR count). The van der Waals surface area contributed by atoms with Gasteiger partial charge in [0.05, 0.1) is 11.9 Å². The second-order valence-corrected chi connectivity index (χ2v) is 5.58. The van der Waals surface area contributed by atoms with Gasteiger partial charge in [-0.15, -0.1) is 0 Å². The van der Waals surface area contributed by atoms with Gasteiger partial charge in [0.15, 0.2) is 0 Å². The Kier molecular flexibility index (Phi) is 4.09. The third-order valence-electron chi connectivity index (χ3n) is 4.24. The normalized spacial score (nSPS) is 16.6. The Balaban J connectivity index is 1.62. The van der Waals surface area contributed by atoms with Gasteiger partial charge in [-0.25, -0.2) is 4.98 Å². The summed E-state index contributed by atoms with van der Waals surface area (Å²) in [5, 5.41) is 0. The third kappa shape index (κ3) is 2.81. The molecule has 116 valence electrons. The first-order valence-electron chi connectivity index (χ1n) is 7.60. The zero-order chi connectivity index (χ0) is 15.5. The van der Waals surface area contributed by atoms with E-state index in [0.29, 0.717) is 0 Å². The lowest BCUT2D eigenvalue weighted by molar-refractivity contribution is -0.134. The third-order valence-corrected chi connectivity index (χ3v) is 4.24. The van der Waals surface area contributed by atoms with Crippen LogP contribution in [0, 0.1) is 6.92 Å². The van der Waals surface area contributed by atoms with Crippen LogP contribution >= 0.6 is 0 Å². The number of amides is 1. The number of hydrogen-bond acceptors (Lipinski definition) is 4. The van der Waals surface area contributed by atoms with Crippen molar-refractivity contribution >= 4 is 11.6 Å². The number of pyridine rings is 1. The highest BCUT2D eigenvalue weighted by molar-refractivity contribution is 5.80. The van der Waals surface area contributed by atoms with Crippen LogP contribution in [-0.2, 0) is 4.79 Å². The predicted molar refractivity (Wildman–Crippen MR) is 84.7 cm³/mol. The fourth-order valence-corrected chi connectivity index (χ4v) is 2.91. The highest BCUT2D eigenvalue weighted by Crippen LogP contribution is 2.17. The first kappa shape index (κ1) is 14.6. The summed E-state index contributed by atoms with van der Waals surface area (Å²) in [6, 6.07) is 3.80. The van der Waals surface area contributed by atoms with Crippen molar-refractivity contribution in [2.75, 3.05) is 31.1 Å². The van der Waals surface area contributed by atoms with E-state index in [-0.39, 0.29) is 11.9 Å². The molecule has 6 heteroatoms. The van der Waals surface area contributed by atoms with E-state index in [1.807, 2.05) is 41.8 Å². The second kappa shape index (κ2) is 6.17. The summed E-state index contributed by atoms with van der Waals surface area (Å²) < 4.78 is 1.93. The average molecular weight is 299 g/mol. The van der Waals surface area contributed by atoms with Gasteiger partial charge in [0, 0.05) is 44.8 Å². The standard InChI is InChI=1S/C16H21N5O/c1-13(21-7-6-18-14(21)2)16(22)20-10-8-19(9-11-20)15-4-3-5-17-12-15/h3-7,12-13H,8-11H2,1-2H3/t13-/m0/s1. The molecule has 0 radical (unpaired) electrons. The van der Waals surface area contributed by atoms with E-state index in [1.54, 1.807) is 12.4 Å². The van der Waals surface area contributed by atoms with Crippen LogP contribution in [-0.4, -0.2) is 51.5 Å². The number of aromatic nitrogens is 3. The maximum atomic E-state index is 12.6. The molecule has 1 saturated heterocycles. The van der Waals surface area contributed by atoms with Gasteiger partial charge in [0.2, 0.25) is 5.91 Å². The lowest BCUT2D eigenvalue weighted by atomic mass is 10.2. The lowest BCUT2D eigenvalue weighted by Crippen LogP contribution is -2.50. The molecule has 1 aliphatic heterocycles. The van der Waals surface area contributed by atoms with Crippen LogP contribution in [0.2, 0.25) is 0 Å². The molecule has 0 aromatic carbocycles. The second-order valence-electron chi connectivity index (χ2n) is 5.58. The van der Waals surface area contributed by atoms with Gasteiger partial charge in [0.1, 0.15) is 11.9 Å². The molecule has 2 aromatic heterocycles. The highest BCUT2D eigenvalue weighted by Gasteiger charge is 2.26. The molecule has 0 N–H and O–H groups in total. The van der Waals surface area contributed by atoms with E-state index in [1.165, 1.54) is 0 Å². The van der Waals surface area contributed by atoms with Crippen LogP contribution in [0.4, 0.5) is 5.69 Å². The molecule has 1 fully saturated rings. The minimum absolute atomic E-state index is 0.159. The SMILES string of the molecule is Cc1nccn1[C@@H](C)C(=O)N1CCN(c2cccnc2)CC1. The van der Waals surface area contributed by atoms with Crippen LogP contribution in [0.3, 0.4) is 0 Å². The van der Waals surface area contributed by atoms with Crippen molar-refractivity contribution in [3.05, 3.63) is 42.7 Å². The summed E-state index contributed by atoms with van der Waals surface area (Å²) in [5.41, 5.74) is 1.12. The summed E-state index contributed by atoms with van der Waals surface area (Å²) in [6.07, 6.45) is 7.25. The topological polar surface area (TPSA) is 54.3 Å². The Bertz CT molecular complexity index is 631. The molecular weight excluding hydrogens is 278 g/mol. The molecule has 0 saturated carbocycles. The van der Waals surface area contributed by atoms with Crippen molar-refractivity contribution in [1.29, 1.82) is 0 Å². The number of nitrogens with zero attached hydrogens (tertiary/aromatic N) is 5. The molecule has 0 unspecified atom stereocenters. The van der Waals surface area contributed by atoms with Gasteiger partial charge < -0.3 is 14.4 Å². The van der Waals surface area contributed by atoms with Crippen molar-refractivity contribution in [3.8, 4) is 0 Å². The largest absolute Gasteiger partial charge is 0.367 e. The van der Waals surface area contributed by atoms with Crippen molar-refractivity contribution < 1.29 is 4.79 Å². The molecule has 0 bridgehead atoms. The summed E-state index contributed by atoms with van der Waals surface area (Å²) in [7, 11) is 0. The maximum absolute atomic E-state index is 12.6. The van der Waals surface area contributed by atoms with Crippen molar-refractivity contribution in [1.82, 2.24) is 19.4 Å². The molecule has 6 nitrogen and oxygen atoms in total. The van der Waals surface area contributed by atoms with Crippen molar-refractivity contribution in [3.63, 3.8) is 0 Å². The van der Waals surface area contributed by atoms with E-state index in [4.69, 9.17) is 0 Å². The molecule has 0 aliphatic carbocycles. The number of carbonyl (C=O) groups excluding carboxylic acids is 1. The number of hydrogen-bond donors (Lipinski definition) is 0. The van der Waals surface area contributed by atoms with Gasteiger partial charge in [-0.1, -0.05) is 0 Å². The smallest absolute Gasteiger partial charge is 0.245 e. The Labute approximate surface area is 130 Å². The average Bonchev–Trinajstić information content (AvgIpc) is 3.00. The summed E-state index contributed by atoms with van der Waals surface area (Å²) in [5.74, 6) is 1.03. The molecule has 22 heavy (non-hydrogen) atoms. The van der Waals surface area contributed by atoms with Crippen LogP contribution in [0.1, 0.15) is 18.8 Å². The van der Waals surface area contributed by atoms with Crippen LogP contribution in [0.15, 0.2) is 36.9 Å². The fraction of sp³-hybridized carbons (Fsp3) is 0.438. The van der Waals surface area contributed by atoms with Crippen LogP contribution in [0.5, 0.6) is 0 Å². The molecule has 0 spiro atoms. The van der Waals surface area contributed by atoms with E-state index >= 15 is 0 Å². The van der Waals surface area contributed by atoms with Gasteiger partial charge in [-0.3, -0.25) is 9.78 Å². The molecular formula is C16H21N5O. The number of imidazole rings is 1. The number of aryl methyl sites for hydroxylation is 1. The van der Waals surface area contributed by atoms with Gasteiger partial charge in [-0.2, -0.15) is 0 Å². The maximum Gasteiger partial charge on any atom is 0.245 e. The number of piperazine rings is 1. The monoisotopic (exact) mass is 299 g/mol. The first-order chi connectivity index (χ1) is 10.7. The first-order valence-corrected chi connectivity index (χ1v) is 7.60. The van der Waals surface area contributed by atoms with E-state index < -0.39 is 0 Å². The van der Waals surface area contributed by atoms with E-state index in [0.717, 1.165) is 37.7 Å². The predicted octanol–water partition coefficient (Wildman–Crippen LogP) is 1.50. The zero-order valence-electron chi connectivity index (χ0n) is 13.0. The quantitative estimate of drug-likeness (QED) is 0.862. The van der Waals surface area contributed by atoms with Gasteiger partial charge in [-0.05, 0) is 26.0 Å². The van der Waals surface area contributed by atoms with Crippen LogP contribution in [0.25, 0.3) is 0 Å². The van der Waals surface area contributed by atoms with Crippen molar-refractivity contribution in [2.45, 2.75) is 19.9 Å². The molecule has 1 aliphatic rings. The highest BCUT2D eigenvalue weighted by atomic mass is 16.2. The Morgan fingerprint density at radius 2 is 2.00 bits per heavy atom. The molecule has 2 aromatic rings. The summed E-state index contributed by atoms with van der Waals surface area (Å²) in [4.78, 5) is 25.2. The Morgan fingerprint density at radius 1 is 1.23 bits per heavy atom. The van der Waals surface area contributed by atoms with E-state index in [2.05, 4.69) is 20.9 Å². The van der Waals surface area contributed by atoms with Crippen molar-refractivity contribution in [2.24, 2.45) is 0 Å². The zero-order valence-corrected chi connectivity index (χ0v) is 13.0. The fourth-order valence-electron chi connectivity index (χ4n) is 2.91. The van der Waals surface area contributed by atoms with Gasteiger partial charge in [0.25, 0.3) is 0 Å². The number of rotatable bonds is 3. The van der Waals surface area contributed by atoms with E-state index in [9.17, 15) is 4.79 Å². The molecule has 1 atom stereocenters. The summed E-state index contributed by atoms with van der Waals surface area (Å²) in [6.45, 7) is 7.02. The van der Waals surface area contributed by atoms with Gasteiger partial charge >= 0.3 is 0 Å². The minimum Gasteiger partial charge on any atom is -0.367 e. The van der Waals surface area contributed by atoms with Crippen LogP contribution < -0.4 is 4.90 Å². The number of carbonyl (C=O) groups is 1. The minimum atomic E-state index is -0.201. The molecule has 3 heterocycles. The molecule has 1 amide bonds. The Hall–Kier alpha value is -2.37.